The zero-order valence-corrected chi connectivity index (χ0v) is 17.4. The fourth-order valence-corrected chi connectivity index (χ4v) is 3.93. The summed E-state index contributed by atoms with van der Waals surface area (Å²) in [5.74, 6) is 6.18. The van der Waals surface area contributed by atoms with Gasteiger partial charge in [0.25, 0.3) is 0 Å². The molecule has 1 aliphatic rings. The number of alkyl carbamates (subject to hydrolysis) is 1. The van der Waals surface area contributed by atoms with Crippen molar-refractivity contribution in [2.75, 3.05) is 13.2 Å². The van der Waals surface area contributed by atoms with Gasteiger partial charge in [-0.2, -0.15) is 0 Å². The third kappa shape index (κ3) is 4.51. The molecule has 1 amide bonds. The highest BCUT2D eigenvalue weighted by atomic mass is 16.5. The summed E-state index contributed by atoms with van der Waals surface area (Å²) in [6.07, 6.45) is 0.900. The van der Waals surface area contributed by atoms with Crippen LogP contribution in [0.15, 0.2) is 66.7 Å². The molecule has 0 fully saturated rings. The summed E-state index contributed by atoms with van der Waals surface area (Å²) in [5, 5.41) is 2.76. The Balaban J connectivity index is 1.29. The maximum atomic E-state index is 12.2. The van der Waals surface area contributed by atoms with Gasteiger partial charge in [0.05, 0.1) is 0 Å². The summed E-state index contributed by atoms with van der Waals surface area (Å²) in [5.41, 5.74) is 7.28. The van der Waals surface area contributed by atoms with Crippen molar-refractivity contribution in [3.63, 3.8) is 0 Å². The van der Waals surface area contributed by atoms with E-state index in [4.69, 9.17) is 4.74 Å². The SMILES string of the molecule is Cc1cc(C=O)ccc1C#CCCNC(=O)OCC1c2ccccc2-c2ccccc21. The van der Waals surface area contributed by atoms with Crippen molar-refractivity contribution in [1.82, 2.24) is 5.32 Å². The van der Waals surface area contributed by atoms with Crippen LogP contribution < -0.4 is 5.32 Å². The third-order valence-corrected chi connectivity index (χ3v) is 5.47. The Morgan fingerprint density at radius 2 is 1.71 bits per heavy atom. The number of nitrogens with one attached hydrogen (secondary N) is 1. The molecule has 1 N–H and O–H groups in total. The van der Waals surface area contributed by atoms with E-state index in [9.17, 15) is 9.59 Å². The normalized spacial score (nSPS) is 11.6. The van der Waals surface area contributed by atoms with Gasteiger partial charge in [0.2, 0.25) is 0 Å². The Labute approximate surface area is 182 Å². The average molecular weight is 409 g/mol. The number of rotatable bonds is 5. The number of carbonyl (C=O) groups is 2. The zero-order chi connectivity index (χ0) is 21.6. The van der Waals surface area contributed by atoms with Crippen LogP contribution in [0.2, 0.25) is 0 Å². The predicted octanol–water partition coefficient (Wildman–Crippen LogP) is 5.09. The van der Waals surface area contributed by atoms with Crippen molar-refractivity contribution in [3.05, 3.63) is 94.5 Å². The number of amides is 1. The van der Waals surface area contributed by atoms with Crippen LogP contribution in [0.3, 0.4) is 0 Å². The summed E-state index contributed by atoms with van der Waals surface area (Å²) < 4.78 is 5.52. The smallest absolute Gasteiger partial charge is 0.407 e. The fourth-order valence-electron chi connectivity index (χ4n) is 3.93. The standard InChI is InChI=1S/C27H23NO3/c1-19-16-20(17-29)13-14-21(19)8-6-7-15-28-27(30)31-18-26-24-11-4-2-9-22(24)23-10-3-5-12-25(23)26/h2-5,9-14,16-17,26H,7,15,18H2,1H3,(H,28,30). The number of hydrogen-bond donors (Lipinski definition) is 1. The topological polar surface area (TPSA) is 55.4 Å². The number of aldehydes is 1. The molecule has 0 radical (unpaired) electrons. The highest BCUT2D eigenvalue weighted by Gasteiger charge is 2.28. The molecule has 154 valence electrons. The maximum absolute atomic E-state index is 12.2. The Hall–Kier alpha value is -3.84. The highest BCUT2D eigenvalue weighted by Crippen LogP contribution is 2.44. The minimum atomic E-state index is -0.435. The van der Waals surface area contributed by atoms with E-state index in [2.05, 4.69) is 41.4 Å². The number of ether oxygens (including phenoxy) is 1. The first-order chi connectivity index (χ1) is 15.2. The van der Waals surface area contributed by atoms with E-state index in [0.29, 0.717) is 25.1 Å². The lowest BCUT2D eigenvalue weighted by atomic mass is 9.98. The predicted molar refractivity (Wildman–Crippen MR) is 121 cm³/mol. The molecule has 31 heavy (non-hydrogen) atoms. The fraction of sp³-hybridized carbons (Fsp3) is 0.185. The second-order valence-electron chi connectivity index (χ2n) is 7.50. The molecule has 0 aliphatic heterocycles. The van der Waals surface area contributed by atoms with Crippen LogP contribution in [0.1, 0.15) is 45.0 Å². The lowest BCUT2D eigenvalue weighted by molar-refractivity contribution is 0.112. The molecule has 0 bridgehead atoms. The molecule has 0 saturated carbocycles. The second kappa shape index (κ2) is 9.32. The Morgan fingerprint density at radius 3 is 2.35 bits per heavy atom. The molecular weight excluding hydrogens is 386 g/mol. The van der Waals surface area contributed by atoms with E-state index < -0.39 is 6.09 Å². The monoisotopic (exact) mass is 409 g/mol. The second-order valence-corrected chi connectivity index (χ2v) is 7.50. The molecule has 4 nitrogen and oxygen atoms in total. The highest BCUT2D eigenvalue weighted by molar-refractivity contribution is 5.79. The van der Waals surface area contributed by atoms with Gasteiger partial charge < -0.3 is 10.1 Å². The van der Waals surface area contributed by atoms with Crippen LogP contribution >= 0.6 is 0 Å². The lowest BCUT2D eigenvalue weighted by Gasteiger charge is -2.14. The van der Waals surface area contributed by atoms with E-state index in [1.165, 1.54) is 22.3 Å². The summed E-state index contributed by atoms with van der Waals surface area (Å²) >= 11 is 0. The summed E-state index contributed by atoms with van der Waals surface area (Å²) in [7, 11) is 0. The van der Waals surface area contributed by atoms with Crippen LogP contribution in [-0.4, -0.2) is 25.5 Å². The molecule has 3 aromatic rings. The number of fused-ring (bicyclic) bond motifs is 3. The van der Waals surface area contributed by atoms with Gasteiger partial charge in [-0.1, -0.05) is 66.4 Å². The molecular formula is C27H23NO3. The Bertz CT molecular complexity index is 1140. The number of carbonyl (C=O) groups excluding carboxylic acids is 2. The van der Waals surface area contributed by atoms with Crippen LogP contribution in [-0.2, 0) is 4.74 Å². The third-order valence-electron chi connectivity index (χ3n) is 5.47. The molecule has 0 aromatic heterocycles. The molecule has 4 rings (SSSR count). The van der Waals surface area contributed by atoms with Gasteiger partial charge in [0, 0.05) is 30.0 Å². The van der Waals surface area contributed by atoms with Gasteiger partial charge in [-0.05, 0) is 46.9 Å². The summed E-state index contributed by atoms with van der Waals surface area (Å²) in [6, 6.07) is 21.9. The van der Waals surface area contributed by atoms with Crippen molar-refractivity contribution < 1.29 is 14.3 Å². The van der Waals surface area contributed by atoms with Crippen LogP contribution in [0, 0.1) is 18.8 Å². The molecule has 0 spiro atoms. The summed E-state index contributed by atoms with van der Waals surface area (Å²) in [6.45, 7) is 2.63. The average Bonchev–Trinajstić information content (AvgIpc) is 3.12. The molecule has 0 unspecified atom stereocenters. The number of hydrogen-bond acceptors (Lipinski definition) is 3. The van der Waals surface area contributed by atoms with Crippen LogP contribution in [0.25, 0.3) is 11.1 Å². The minimum Gasteiger partial charge on any atom is -0.449 e. The van der Waals surface area contributed by atoms with Gasteiger partial charge in [0.15, 0.2) is 0 Å². The molecule has 0 heterocycles. The Kier molecular flexibility index (Phi) is 6.14. The number of benzene rings is 3. The van der Waals surface area contributed by atoms with Crippen molar-refractivity contribution in [1.29, 1.82) is 0 Å². The maximum Gasteiger partial charge on any atom is 0.407 e. The largest absolute Gasteiger partial charge is 0.449 e. The van der Waals surface area contributed by atoms with Crippen LogP contribution in [0.5, 0.6) is 0 Å². The Morgan fingerprint density at radius 1 is 1.03 bits per heavy atom. The number of aryl methyl sites for hydroxylation is 1. The van der Waals surface area contributed by atoms with Crippen molar-refractivity contribution in [2.45, 2.75) is 19.3 Å². The van der Waals surface area contributed by atoms with Gasteiger partial charge in [0.1, 0.15) is 12.9 Å². The first kappa shape index (κ1) is 20.4. The molecule has 4 heteroatoms. The van der Waals surface area contributed by atoms with Gasteiger partial charge in [-0.3, -0.25) is 4.79 Å². The van der Waals surface area contributed by atoms with Gasteiger partial charge >= 0.3 is 6.09 Å². The van der Waals surface area contributed by atoms with E-state index >= 15 is 0 Å². The lowest BCUT2D eigenvalue weighted by Crippen LogP contribution is -2.26. The van der Waals surface area contributed by atoms with Gasteiger partial charge in [-0.25, -0.2) is 4.79 Å². The zero-order valence-electron chi connectivity index (χ0n) is 17.4. The van der Waals surface area contributed by atoms with E-state index in [0.717, 1.165) is 17.4 Å². The molecule has 1 aliphatic carbocycles. The first-order valence-electron chi connectivity index (χ1n) is 10.3. The quantitative estimate of drug-likeness (QED) is 0.363. The minimum absolute atomic E-state index is 0.0512. The molecule has 0 atom stereocenters. The van der Waals surface area contributed by atoms with Crippen molar-refractivity contribution >= 4 is 12.4 Å². The van der Waals surface area contributed by atoms with Crippen LogP contribution in [0.4, 0.5) is 4.79 Å². The van der Waals surface area contributed by atoms with E-state index in [-0.39, 0.29) is 5.92 Å². The van der Waals surface area contributed by atoms with E-state index in [1.54, 1.807) is 6.07 Å². The van der Waals surface area contributed by atoms with Gasteiger partial charge in [-0.15, -0.1) is 0 Å². The van der Waals surface area contributed by atoms with Crippen molar-refractivity contribution in [3.8, 4) is 23.0 Å². The summed E-state index contributed by atoms with van der Waals surface area (Å²) in [4.78, 5) is 23.0. The van der Waals surface area contributed by atoms with Crippen molar-refractivity contribution in [2.24, 2.45) is 0 Å². The molecule has 0 saturated heterocycles. The molecule has 3 aromatic carbocycles. The first-order valence-corrected chi connectivity index (χ1v) is 10.3. The van der Waals surface area contributed by atoms with E-state index in [1.807, 2.05) is 43.3 Å².